The second-order valence-electron chi connectivity index (χ2n) is 5.92. The standard InChI is InChI=1S/C18H20BrClN4O2/c1-12(13-3-6-15(20)7-4-13)22-17(25)10-24(2)11-18(26)23-16-8-5-14(19)9-21-16/h3-9,12H,10-11H2,1-2H3,(H,22,25)(H,21,23,26). The van der Waals surface area contributed by atoms with E-state index in [1.807, 2.05) is 19.1 Å². The fraction of sp³-hybridized carbons (Fsp3) is 0.278. The average molecular weight is 440 g/mol. The lowest BCUT2D eigenvalue weighted by atomic mass is 10.1. The molecule has 0 fully saturated rings. The van der Waals surface area contributed by atoms with E-state index in [0.29, 0.717) is 10.8 Å². The Morgan fingerprint density at radius 1 is 1.15 bits per heavy atom. The molecule has 0 spiro atoms. The number of amides is 2. The van der Waals surface area contributed by atoms with E-state index < -0.39 is 0 Å². The number of carbonyl (C=O) groups excluding carboxylic acids is 2. The number of aromatic nitrogens is 1. The molecule has 1 atom stereocenters. The highest BCUT2D eigenvalue weighted by Gasteiger charge is 2.14. The molecule has 0 aliphatic rings. The van der Waals surface area contributed by atoms with Crippen molar-refractivity contribution < 1.29 is 9.59 Å². The predicted molar refractivity (Wildman–Crippen MR) is 106 cm³/mol. The second kappa shape index (κ2) is 9.66. The van der Waals surface area contributed by atoms with E-state index in [4.69, 9.17) is 11.6 Å². The van der Waals surface area contributed by atoms with Crippen LogP contribution in [0.15, 0.2) is 47.1 Å². The molecule has 1 aromatic heterocycles. The van der Waals surface area contributed by atoms with Crippen molar-refractivity contribution in [1.82, 2.24) is 15.2 Å². The topological polar surface area (TPSA) is 74.3 Å². The van der Waals surface area contributed by atoms with E-state index in [1.165, 1.54) is 0 Å². The summed E-state index contributed by atoms with van der Waals surface area (Å²) in [6.45, 7) is 2.09. The van der Waals surface area contributed by atoms with Crippen LogP contribution in [0.1, 0.15) is 18.5 Å². The normalized spacial score (nSPS) is 11.9. The van der Waals surface area contributed by atoms with Crippen LogP contribution in [0, 0.1) is 0 Å². The maximum Gasteiger partial charge on any atom is 0.239 e. The molecule has 2 rings (SSSR count). The summed E-state index contributed by atoms with van der Waals surface area (Å²) in [7, 11) is 1.71. The van der Waals surface area contributed by atoms with Crippen molar-refractivity contribution in [3.8, 4) is 0 Å². The highest BCUT2D eigenvalue weighted by Crippen LogP contribution is 2.16. The van der Waals surface area contributed by atoms with E-state index in [1.54, 1.807) is 42.4 Å². The molecule has 138 valence electrons. The quantitative estimate of drug-likeness (QED) is 0.694. The van der Waals surface area contributed by atoms with E-state index in [-0.39, 0.29) is 30.9 Å². The van der Waals surface area contributed by atoms with E-state index in [9.17, 15) is 9.59 Å². The molecule has 26 heavy (non-hydrogen) atoms. The zero-order chi connectivity index (χ0) is 19.1. The zero-order valence-corrected chi connectivity index (χ0v) is 16.8. The molecule has 0 aliphatic heterocycles. The predicted octanol–water partition coefficient (Wildman–Crippen LogP) is 3.25. The van der Waals surface area contributed by atoms with Gasteiger partial charge in [-0.2, -0.15) is 0 Å². The SMILES string of the molecule is CC(NC(=O)CN(C)CC(=O)Nc1ccc(Br)cn1)c1ccc(Cl)cc1. The Morgan fingerprint density at radius 2 is 1.81 bits per heavy atom. The largest absolute Gasteiger partial charge is 0.348 e. The van der Waals surface area contributed by atoms with Crippen LogP contribution in [0.2, 0.25) is 5.02 Å². The van der Waals surface area contributed by atoms with Crippen LogP contribution in [0.3, 0.4) is 0 Å². The number of benzene rings is 1. The van der Waals surface area contributed by atoms with Gasteiger partial charge in [0.2, 0.25) is 11.8 Å². The number of nitrogens with one attached hydrogen (secondary N) is 2. The summed E-state index contributed by atoms with van der Waals surface area (Å²) in [5.74, 6) is 0.0674. The number of hydrogen-bond acceptors (Lipinski definition) is 4. The molecular weight excluding hydrogens is 420 g/mol. The molecule has 0 aliphatic carbocycles. The van der Waals surface area contributed by atoms with Crippen LogP contribution in [0.4, 0.5) is 5.82 Å². The van der Waals surface area contributed by atoms with Crippen molar-refractivity contribution in [1.29, 1.82) is 0 Å². The van der Waals surface area contributed by atoms with Crippen molar-refractivity contribution >= 4 is 45.2 Å². The van der Waals surface area contributed by atoms with Gasteiger partial charge in [-0.25, -0.2) is 4.98 Å². The van der Waals surface area contributed by atoms with Gasteiger partial charge >= 0.3 is 0 Å². The molecule has 2 amide bonds. The zero-order valence-electron chi connectivity index (χ0n) is 14.5. The van der Waals surface area contributed by atoms with Gasteiger partial charge in [0.1, 0.15) is 5.82 Å². The molecule has 6 nitrogen and oxygen atoms in total. The summed E-state index contributed by atoms with van der Waals surface area (Å²) in [5, 5.41) is 6.24. The smallest absolute Gasteiger partial charge is 0.239 e. The lowest BCUT2D eigenvalue weighted by molar-refractivity contribution is -0.123. The summed E-state index contributed by atoms with van der Waals surface area (Å²) >= 11 is 9.15. The first-order valence-corrected chi connectivity index (χ1v) is 9.15. The molecule has 2 N–H and O–H groups in total. The fourth-order valence-corrected chi connectivity index (χ4v) is 2.66. The molecule has 0 saturated carbocycles. The van der Waals surface area contributed by atoms with Crippen molar-refractivity contribution in [2.45, 2.75) is 13.0 Å². The Kier molecular flexibility index (Phi) is 7.56. The van der Waals surface area contributed by atoms with Crippen LogP contribution < -0.4 is 10.6 Å². The molecular formula is C18H20BrClN4O2. The fourth-order valence-electron chi connectivity index (χ4n) is 2.30. The first-order valence-electron chi connectivity index (χ1n) is 7.98. The monoisotopic (exact) mass is 438 g/mol. The van der Waals surface area contributed by atoms with Crippen LogP contribution in [-0.4, -0.2) is 41.8 Å². The Hall–Kier alpha value is -1.96. The maximum absolute atomic E-state index is 12.2. The third kappa shape index (κ3) is 6.74. The van der Waals surface area contributed by atoms with Crippen molar-refractivity contribution in [3.63, 3.8) is 0 Å². The number of nitrogens with zero attached hydrogens (tertiary/aromatic N) is 2. The van der Waals surface area contributed by atoms with Gasteiger partial charge in [-0.1, -0.05) is 23.7 Å². The number of carbonyl (C=O) groups is 2. The van der Waals surface area contributed by atoms with E-state index in [2.05, 4.69) is 31.5 Å². The Morgan fingerprint density at radius 3 is 2.42 bits per heavy atom. The lowest BCUT2D eigenvalue weighted by Gasteiger charge is -2.19. The third-order valence-corrected chi connectivity index (χ3v) is 4.29. The summed E-state index contributed by atoms with van der Waals surface area (Å²) in [6.07, 6.45) is 1.60. The summed E-state index contributed by atoms with van der Waals surface area (Å²) in [6, 6.07) is 10.7. The maximum atomic E-state index is 12.2. The summed E-state index contributed by atoms with van der Waals surface area (Å²) in [5.41, 5.74) is 0.962. The molecule has 1 unspecified atom stereocenters. The number of hydrogen-bond donors (Lipinski definition) is 2. The minimum atomic E-state index is -0.235. The highest BCUT2D eigenvalue weighted by atomic mass is 79.9. The van der Waals surface area contributed by atoms with Gasteiger partial charge < -0.3 is 10.6 Å². The molecule has 2 aromatic rings. The van der Waals surface area contributed by atoms with Gasteiger partial charge in [0.25, 0.3) is 0 Å². The van der Waals surface area contributed by atoms with Crippen LogP contribution in [0.5, 0.6) is 0 Å². The number of pyridine rings is 1. The van der Waals surface area contributed by atoms with Crippen LogP contribution in [0.25, 0.3) is 0 Å². The first-order chi connectivity index (χ1) is 12.3. The van der Waals surface area contributed by atoms with Crippen LogP contribution in [-0.2, 0) is 9.59 Å². The first kappa shape index (κ1) is 20.4. The number of rotatable bonds is 7. The Labute approximate surface area is 166 Å². The minimum absolute atomic E-state index is 0.0838. The molecule has 1 aromatic carbocycles. The molecule has 0 saturated heterocycles. The van der Waals surface area contributed by atoms with Crippen molar-refractivity contribution in [2.75, 3.05) is 25.5 Å². The van der Waals surface area contributed by atoms with Crippen molar-refractivity contribution in [3.05, 3.63) is 57.7 Å². The van der Waals surface area contributed by atoms with Gasteiger partial charge in [0, 0.05) is 15.7 Å². The average Bonchev–Trinajstić information content (AvgIpc) is 2.57. The number of anilines is 1. The second-order valence-corrected chi connectivity index (χ2v) is 7.27. The van der Waals surface area contributed by atoms with Gasteiger partial charge in [0.15, 0.2) is 0 Å². The lowest BCUT2D eigenvalue weighted by Crippen LogP contribution is -2.39. The number of halogens is 2. The van der Waals surface area contributed by atoms with Gasteiger partial charge in [-0.15, -0.1) is 0 Å². The van der Waals surface area contributed by atoms with E-state index in [0.717, 1.165) is 10.0 Å². The molecule has 1 heterocycles. The van der Waals surface area contributed by atoms with Gasteiger partial charge in [-0.05, 0) is 59.7 Å². The Bertz CT molecular complexity index is 753. The van der Waals surface area contributed by atoms with Crippen molar-refractivity contribution in [2.24, 2.45) is 0 Å². The molecule has 0 bridgehead atoms. The molecule has 8 heteroatoms. The van der Waals surface area contributed by atoms with Gasteiger partial charge in [0.05, 0.1) is 19.1 Å². The molecule has 0 radical (unpaired) electrons. The summed E-state index contributed by atoms with van der Waals surface area (Å²) in [4.78, 5) is 29.9. The van der Waals surface area contributed by atoms with Gasteiger partial charge in [-0.3, -0.25) is 14.5 Å². The summed E-state index contributed by atoms with van der Waals surface area (Å²) < 4.78 is 0.832. The highest BCUT2D eigenvalue weighted by molar-refractivity contribution is 9.10. The third-order valence-electron chi connectivity index (χ3n) is 3.57. The van der Waals surface area contributed by atoms with Crippen LogP contribution >= 0.6 is 27.5 Å². The number of likely N-dealkylation sites (N-methyl/N-ethyl adjacent to an activating group) is 1. The van der Waals surface area contributed by atoms with E-state index >= 15 is 0 Å². The minimum Gasteiger partial charge on any atom is -0.348 e. The Balaban J connectivity index is 1.78.